The number of para-hydroxylation sites is 1. The Morgan fingerprint density at radius 3 is 2.65 bits per heavy atom. The van der Waals surface area contributed by atoms with Gasteiger partial charge < -0.3 is 9.64 Å². The second-order valence-electron chi connectivity index (χ2n) is 8.67. The van der Waals surface area contributed by atoms with Crippen molar-refractivity contribution in [3.8, 4) is 0 Å². The third-order valence-electron chi connectivity index (χ3n) is 5.14. The van der Waals surface area contributed by atoms with Gasteiger partial charge in [-0.2, -0.15) is 4.98 Å². The Labute approximate surface area is 184 Å². The van der Waals surface area contributed by atoms with Gasteiger partial charge in [0.1, 0.15) is 17.2 Å². The molecule has 31 heavy (non-hydrogen) atoms. The number of ether oxygens (including phenoxy) is 1. The normalized spacial score (nSPS) is 16.8. The zero-order valence-corrected chi connectivity index (χ0v) is 18.5. The Kier molecular flexibility index (Phi) is 5.25. The van der Waals surface area contributed by atoms with Crippen LogP contribution in [0, 0.1) is 12.7 Å². The number of carbonyl (C=O) groups excluding carboxylic acids is 2. The van der Waals surface area contributed by atoms with Gasteiger partial charge in [-0.15, -0.1) is 0 Å². The predicted molar refractivity (Wildman–Crippen MR) is 114 cm³/mol. The first-order valence-corrected chi connectivity index (χ1v) is 10.3. The van der Waals surface area contributed by atoms with Gasteiger partial charge in [-0.25, -0.2) is 19.0 Å². The zero-order chi connectivity index (χ0) is 22.5. The number of nitrogens with zero attached hydrogens (tertiary/aromatic N) is 5. The summed E-state index contributed by atoms with van der Waals surface area (Å²) >= 11 is 5.99. The molecule has 1 aromatic carbocycles. The minimum atomic E-state index is -0.615. The second-order valence-corrected chi connectivity index (χ2v) is 9.01. The van der Waals surface area contributed by atoms with E-state index in [-0.39, 0.29) is 36.6 Å². The minimum absolute atomic E-state index is 0.00962. The molecule has 8 nitrogen and oxygen atoms in total. The number of aryl methyl sites for hydroxylation is 1. The molecule has 3 amide bonds. The molecule has 0 unspecified atom stereocenters. The smallest absolute Gasteiger partial charge is 0.410 e. The van der Waals surface area contributed by atoms with E-state index in [1.807, 2.05) is 0 Å². The lowest BCUT2D eigenvalue weighted by Crippen LogP contribution is -2.66. The number of urea groups is 1. The lowest BCUT2D eigenvalue weighted by Gasteiger charge is -2.48. The Bertz CT molecular complexity index is 1030. The number of anilines is 2. The third kappa shape index (κ3) is 4.01. The van der Waals surface area contributed by atoms with Gasteiger partial charge in [0.05, 0.1) is 18.3 Å². The van der Waals surface area contributed by atoms with Gasteiger partial charge in [-0.1, -0.05) is 12.1 Å². The summed E-state index contributed by atoms with van der Waals surface area (Å²) in [6.45, 7) is 7.78. The zero-order valence-electron chi connectivity index (χ0n) is 17.7. The highest BCUT2D eigenvalue weighted by atomic mass is 35.5. The van der Waals surface area contributed by atoms with E-state index >= 15 is 0 Å². The molecule has 1 aromatic heterocycles. The molecule has 0 N–H and O–H groups in total. The minimum Gasteiger partial charge on any atom is -0.444 e. The Morgan fingerprint density at radius 1 is 1.29 bits per heavy atom. The first-order chi connectivity index (χ1) is 14.5. The molecule has 1 fully saturated rings. The fourth-order valence-electron chi connectivity index (χ4n) is 3.72. The van der Waals surface area contributed by atoms with Crippen molar-refractivity contribution < 1.29 is 18.7 Å². The van der Waals surface area contributed by atoms with Gasteiger partial charge in [0.15, 0.2) is 0 Å². The second kappa shape index (κ2) is 7.64. The van der Waals surface area contributed by atoms with Gasteiger partial charge in [-0.3, -0.25) is 9.80 Å². The third-order valence-corrected chi connectivity index (χ3v) is 5.33. The maximum atomic E-state index is 14.7. The standard InChI is InChI=1S/C21H23ClFN5O3/c1-12-6-5-7-15(23)16(12)27-9-13-8-24-18(22)25-17(13)28(19(27)29)14-10-26(11-14)20(30)31-21(2,3)4/h5-8,14H,9-11H2,1-4H3. The Hall–Kier alpha value is -2.94. The van der Waals surface area contributed by atoms with Gasteiger partial charge in [0, 0.05) is 24.8 Å². The largest absolute Gasteiger partial charge is 0.444 e. The molecule has 164 valence electrons. The molecule has 3 heterocycles. The molecule has 1 saturated heterocycles. The molecular weight excluding hydrogens is 425 g/mol. The van der Waals surface area contributed by atoms with E-state index in [0.717, 1.165) is 0 Å². The maximum absolute atomic E-state index is 14.7. The first-order valence-electron chi connectivity index (χ1n) is 9.90. The van der Waals surface area contributed by atoms with Crippen molar-refractivity contribution in [3.05, 3.63) is 46.6 Å². The number of likely N-dealkylation sites (tertiary alicyclic amines) is 1. The van der Waals surface area contributed by atoms with Crippen LogP contribution in [0.2, 0.25) is 5.28 Å². The molecule has 0 bridgehead atoms. The lowest BCUT2D eigenvalue weighted by molar-refractivity contribution is 0.00857. The molecule has 0 radical (unpaired) electrons. The van der Waals surface area contributed by atoms with Crippen LogP contribution in [-0.2, 0) is 11.3 Å². The summed E-state index contributed by atoms with van der Waals surface area (Å²) < 4.78 is 20.1. The number of halogens is 2. The predicted octanol–water partition coefficient (Wildman–Crippen LogP) is 4.14. The van der Waals surface area contributed by atoms with E-state index in [9.17, 15) is 14.0 Å². The van der Waals surface area contributed by atoms with Crippen LogP contribution in [0.5, 0.6) is 0 Å². The van der Waals surface area contributed by atoms with Crippen molar-refractivity contribution >= 4 is 35.2 Å². The van der Waals surface area contributed by atoms with Crippen molar-refractivity contribution in [2.75, 3.05) is 22.9 Å². The van der Waals surface area contributed by atoms with E-state index < -0.39 is 23.5 Å². The quantitative estimate of drug-likeness (QED) is 0.646. The van der Waals surface area contributed by atoms with Crippen molar-refractivity contribution in [3.63, 3.8) is 0 Å². The number of hydrogen-bond donors (Lipinski definition) is 0. The van der Waals surface area contributed by atoms with Crippen LogP contribution in [0.3, 0.4) is 0 Å². The monoisotopic (exact) mass is 447 g/mol. The summed E-state index contributed by atoms with van der Waals surface area (Å²) in [6.07, 6.45) is 1.09. The first kappa shape index (κ1) is 21.3. The van der Waals surface area contributed by atoms with Crippen LogP contribution in [-0.4, -0.2) is 51.7 Å². The van der Waals surface area contributed by atoms with Crippen LogP contribution in [0.15, 0.2) is 24.4 Å². The molecule has 0 spiro atoms. The number of fused-ring (bicyclic) bond motifs is 1. The van der Waals surface area contributed by atoms with Crippen LogP contribution in [0.4, 0.5) is 25.5 Å². The molecule has 2 aliphatic rings. The molecule has 2 aliphatic heterocycles. The van der Waals surface area contributed by atoms with Gasteiger partial charge in [-0.05, 0) is 50.9 Å². The van der Waals surface area contributed by atoms with Crippen LogP contribution in [0.1, 0.15) is 31.9 Å². The summed E-state index contributed by atoms with van der Waals surface area (Å²) in [7, 11) is 0. The van der Waals surface area contributed by atoms with E-state index in [1.54, 1.807) is 39.8 Å². The highest BCUT2D eigenvalue weighted by Crippen LogP contribution is 2.36. The van der Waals surface area contributed by atoms with Gasteiger partial charge in [0.2, 0.25) is 5.28 Å². The number of hydrogen-bond acceptors (Lipinski definition) is 5. The molecule has 10 heteroatoms. The number of amides is 3. The number of rotatable bonds is 2. The molecule has 0 aliphatic carbocycles. The van der Waals surface area contributed by atoms with E-state index in [0.29, 0.717) is 16.9 Å². The molecule has 2 aromatic rings. The fraction of sp³-hybridized carbons (Fsp3) is 0.429. The topological polar surface area (TPSA) is 78.9 Å². The lowest BCUT2D eigenvalue weighted by atomic mass is 10.0. The number of carbonyl (C=O) groups is 2. The Balaban J connectivity index is 1.65. The van der Waals surface area contributed by atoms with Crippen molar-refractivity contribution in [2.45, 2.75) is 45.9 Å². The molecular formula is C21H23ClFN5O3. The summed E-state index contributed by atoms with van der Waals surface area (Å²) in [4.78, 5) is 38.4. The molecule has 4 rings (SSSR count). The van der Waals surface area contributed by atoms with Crippen molar-refractivity contribution in [1.29, 1.82) is 0 Å². The summed E-state index contributed by atoms with van der Waals surface area (Å²) in [5.74, 6) is -0.111. The Morgan fingerprint density at radius 2 is 2.00 bits per heavy atom. The van der Waals surface area contributed by atoms with E-state index in [2.05, 4.69) is 9.97 Å². The van der Waals surface area contributed by atoms with Gasteiger partial charge >= 0.3 is 12.1 Å². The molecule has 0 saturated carbocycles. The fourth-order valence-corrected chi connectivity index (χ4v) is 3.85. The number of benzene rings is 1. The van der Waals surface area contributed by atoms with Crippen LogP contribution in [0.25, 0.3) is 0 Å². The summed E-state index contributed by atoms with van der Waals surface area (Å²) in [6, 6.07) is 3.89. The maximum Gasteiger partial charge on any atom is 0.410 e. The number of aromatic nitrogens is 2. The van der Waals surface area contributed by atoms with Crippen LogP contribution < -0.4 is 9.80 Å². The van der Waals surface area contributed by atoms with E-state index in [1.165, 1.54) is 27.0 Å². The van der Waals surface area contributed by atoms with Crippen molar-refractivity contribution in [2.24, 2.45) is 0 Å². The average molecular weight is 448 g/mol. The van der Waals surface area contributed by atoms with Crippen LogP contribution >= 0.6 is 11.6 Å². The van der Waals surface area contributed by atoms with Crippen molar-refractivity contribution in [1.82, 2.24) is 14.9 Å². The van der Waals surface area contributed by atoms with E-state index in [4.69, 9.17) is 16.3 Å². The summed E-state index contributed by atoms with van der Waals surface area (Å²) in [5, 5.41) is 0.00962. The molecule has 0 atom stereocenters. The van der Waals surface area contributed by atoms with Gasteiger partial charge in [0.25, 0.3) is 0 Å². The SMILES string of the molecule is Cc1cccc(F)c1N1Cc2cnc(Cl)nc2N(C2CN(C(=O)OC(C)(C)C)C2)C1=O. The summed E-state index contributed by atoms with van der Waals surface area (Å²) in [5.41, 5.74) is 0.870. The highest BCUT2D eigenvalue weighted by Gasteiger charge is 2.45. The average Bonchev–Trinajstić information content (AvgIpc) is 2.61. The highest BCUT2D eigenvalue weighted by molar-refractivity contribution is 6.28.